The van der Waals surface area contributed by atoms with Gasteiger partial charge in [0, 0.05) is 39.8 Å². The number of unbranched alkanes of at least 4 members (excludes halogenated alkanes) is 1. The minimum absolute atomic E-state index is 0.155. The molecule has 1 aliphatic rings. The molecule has 35 heavy (non-hydrogen) atoms. The first-order valence-electron chi connectivity index (χ1n) is 12.1. The zero-order valence-electron chi connectivity index (χ0n) is 22.6. The van der Waals surface area contributed by atoms with Crippen molar-refractivity contribution in [1.29, 1.82) is 0 Å². The van der Waals surface area contributed by atoms with Crippen LogP contribution in [0.5, 0.6) is 0 Å². The van der Waals surface area contributed by atoms with E-state index in [1.165, 1.54) is 19.1 Å². The molecular weight excluding hydrogens is 456 g/mol. The Morgan fingerprint density at radius 1 is 0.914 bits per heavy atom. The van der Waals surface area contributed by atoms with Crippen molar-refractivity contribution in [1.82, 2.24) is 20.0 Å². The fraction of sp³-hybridized carbons (Fsp3) is 0.833. The zero-order valence-corrected chi connectivity index (χ0v) is 22.6. The molecule has 1 atom stereocenters. The van der Waals surface area contributed by atoms with Gasteiger partial charge in [-0.15, -0.1) is 0 Å². The molecular formula is C24H44N4O7. The van der Waals surface area contributed by atoms with Gasteiger partial charge in [-0.3, -0.25) is 14.6 Å². The van der Waals surface area contributed by atoms with Gasteiger partial charge in [0.15, 0.2) is 0 Å². The third-order valence-corrected chi connectivity index (χ3v) is 5.24. The number of esters is 2. The van der Waals surface area contributed by atoms with E-state index in [2.05, 4.69) is 5.32 Å². The summed E-state index contributed by atoms with van der Waals surface area (Å²) in [7, 11) is 2.80. The van der Waals surface area contributed by atoms with E-state index in [1.807, 2.05) is 25.7 Å². The van der Waals surface area contributed by atoms with Gasteiger partial charge in [0.2, 0.25) is 0 Å². The van der Waals surface area contributed by atoms with Gasteiger partial charge >= 0.3 is 24.1 Å². The standard InChI is InChI=1S/C24H44N4O7/c1-23(2,3)34-19(29)17-27-13-15-28(16-14-27)21(31)25-12-10-9-11-18(20(30)33-8)26(7)22(32)35-24(4,5)6/h18H,9-17H2,1-8H3,(H,25,31)/t18-/m0/s1. The van der Waals surface area contributed by atoms with E-state index in [1.54, 1.807) is 25.7 Å². The van der Waals surface area contributed by atoms with Crippen LogP contribution in [-0.4, -0.2) is 109 Å². The lowest BCUT2D eigenvalue weighted by atomic mass is 10.1. The molecule has 11 heteroatoms. The number of rotatable bonds is 9. The largest absolute Gasteiger partial charge is 0.467 e. The highest BCUT2D eigenvalue weighted by molar-refractivity contribution is 5.81. The van der Waals surface area contributed by atoms with E-state index in [-0.39, 0.29) is 18.5 Å². The van der Waals surface area contributed by atoms with Crippen molar-refractivity contribution in [3.05, 3.63) is 0 Å². The molecule has 1 saturated heterocycles. The number of piperazine rings is 1. The number of carbonyl (C=O) groups is 4. The first-order valence-corrected chi connectivity index (χ1v) is 12.1. The highest BCUT2D eigenvalue weighted by atomic mass is 16.6. The van der Waals surface area contributed by atoms with Crippen molar-refractivity contribution in [2.45, 2.75) is 78.0 Å². The molecule has 11 nitrogen and oxygen atoms in total. The Hall–Kier alpha value is -2.56. The molecule has 1 rings (SSSR count). The number of nitrogens with one attached hydrogen (secondary N) is 1. The highest BCUT2D eigenvalue weighted by Crippen LogP contribution is 2.15. The summed E-state index contributed by atoms with van der Waals surface area (Å²) in [5.74, 6) is -0.773. The molecule has 1 heterocycles. The first kappa shape index (κ1) is 30.5. The number of hydrogen-bond acceptors (Lipinski definition) is 8. The number of ether oxygens (including phenoxy) is 3. The van der Waals surface area contributed by atoms with Crippen molar-refractivity contribution >= 4 is 24.1 Å². The van der Waals surface area contributed by atoms with Crippen LogP contribution in [0.15, 0.2) is 0 Å². The molecule has 0 aromatic rings. The topological polar surface area (TPSA) is 118 Å². The predicted octanol–water partition coefficient (Wildman–Crippen LogP) is 2.23. The van der Waals surface area contributed by atoms with Crippen LogP contribution < -0.4 is 5.32 Å². The Balaban J connectivity index is 2.37. The van der Waals surface area contributed by atoms with E-state index in [9.17, 15) is 19.2 Å². The summed E-state index contributed by atoms with van der Waals surface area (Å²) in [6.45, 7) is 13.7. The van der Waals surface area contributed by atoms with Crippen LogP contribution >= 0.6 is 0 Å². The normalized spacial score (nSPS) is 15.7. The van der Waals surface area contributed by atoms with E-state index < -0.39 is 29.3 Å². The molecule has 0 aromatic heterocycles. The van der Waals surface area contributed by atoms with Gasteiger partial charge in [0.25, 0.3) is 0 Å². The van der Waals surface area contributed by atoms with Gasteiger partial charge in [0.05, 0.1) is 13.7 Å². The summed E-state index contributed by atoms with van der Waals surface area (Å²) in [6, 6.07) is -0.916. The number of urea groups is 1. The third kappa shape index (κ3) is 12.1. The monoisotopic (exact) mass is 500 g/mol. The Kier molecular flexibility index (Phi) is 11.8. The van der Waals surface area contributed by atoms with E-state index in [4.69, 9.17) is 14.2 Å². The molecule has 0 bridgehead atoms. The molecule has 1 aliphatic heterocycles. The van der Waals surface area contributed by atoms with Gasteiger partial charge in [-0.2, -0.15) is 0 Å². The van der Waals surface area contributed by atoms with Crippen LogP contribution in [0.3, 0.4) is 0 Å². The molecule has 0 spiro atoms. The molecule has 0 unspecified atom stereocenters. The second-order valence-corrected chi connectivity index (χ2v) is 10.7. The fourth-order valence-corrected chi connectivity index (χ4v) is 3.50. The van der Waals surface area contributed by atoms with Crippen molar-refractivity contribution in [2.75, 3.05) is 53.4 Å². The molecule has 1 N–H and O–H groups in total. The van der Waals surface area contributed by atoms with Crippen LogP contribution in [0.2, 0.25) is 0 Å². The van der Waals surface area contributed by atoms with Crippen LogP contribution in [0.4, 0.5) is 9.59 Å². The minimum atomic E-state index is -0.761. The Labute approximate surface area is 209 Å². The lowest BCUT2D eigenvalue weighted by Gasteiger charge is -2.34. The second kappa shape index (κ2) is 13.5. The number of amides is 3. The smallest absolute Gasteiger partial charge is 0.410 e. The summed E-state index contributed by atoms with van der Waals surface area (Å²) < 4.78 is 15.5. The fourth-order valence-electron chi connectivity index (χ4n) is 3.50. The lowest BCUT2D eigenvalue weighted by molar-refractivity contribution is -0.156. The van der Waals surface area contributed by atoms with Crippen LogP contribution in [0.25, 0.3) is 0 Å². The summed E-state index contributed by atoms with van der Waals surface area (Å²) in [5.41, 5.74) is -1.18. The maximum Gasteiger partial charge on any atom is 0.410 e. The molecule has 202 valence electrons. The van der Waals surface area contributed by atoms with Crippen molar-refractivity contribution in [3.63, 3.8) is 0 Å². The van der Waals surface area contributed by atoms with Gasteiger partial charge in [0.1, 0.15) is 17.2 Å². The molecule has 0 saturated carbocycles. The summed E-state index contributed by atoms with van der Waals surface area (Å²) in [5, 5.41) is 2.89. The number of hydrogen-bond donors (Lipinski definition) is 1. The zero-order chi connectivity index (χ0) is 26.8. The number of nitrogens with zero attached hydrogens (tertiary/aromatic N) is 3. The molecule has 0 aliphatic carbocycles. The summed E-state index contributed by atoms with van der Waals surface area (Å²) >= 11 is 0. The number of likely N-dealkylation sites (N-methyl/N-ethyl adjacent to an activating group) is 1. The van der Waals surface area contributed by atoms with Gasteiger partial charge in [-0.1, -0.05) is 0 Å². The minimum Gasteiger partial charge on any atom is -0.467 e. The number of methoxy groups -OCH3 is 1. The van der Waals surface area contributed by atoms with E-state index in [0.29, 0.717) is 52.0 Å². The van der Waals surface area contributed by atoms with Crippen molar-refractivity contribution in [2.24, 2.45) is 0 Å². The average molecular weight is 501 g/mol. The van der Waals surface area contributed by atoms with Gasteiger partial charge < -0.3 is 24.4 Å². The van der Waals surface area contributed by atoms with Crippen LogP contribution in [0.1, 0.15) is 60.8 Å². The average Bonchev–Trinajstić information content (AvgIpc) is 2.73. The van der Waals surface area contributed by atoms with Crippen molar-refractivity contribution < 1.29 is 33.4 Å². The second-order valence-electron chi connectivity index (χ2n) is 10.7. The Bertz CT molecular complexity index is 722. The van der Waals surface area contributed by atoms with Gasteiger partial charge in [-0.25, -0.2) is 14.4 Å². The third-order valence-electron chi connectivity index (χ3n) is 5.24. The quantitative estimate of drug-likeness (QED) is 0.291. The van der Waals surface area contributed by atoms with Crippen molar-refractivity contribution in [3.8, 4) is 0 Å². The summed E-state index contributed by atoms with van der Waals surface area (Å²) in [4.78, 5) is 53.9. The summed E-state index contributed by atoms with van der Waals surface area (Å²) in [6.07, 6.45) is 1.05. The SMILES string of the molecule is COC(=O)[C@H](CCCCNC(=O)N1CCN(CC(=O)OC(C)(C)C)CC1)N(C)C(=O)OC(C)(C)C. The number of carbonyl (C=O) groups excluding carboxylic acids is 4. The molecule has 1 fully saturated rings. The highest BCUT2D eigenvalue weighted by Gasteiger charge is 2.30. The van der Waals surface area contributed by atoms with Crippen LogP contribution in [-0.2, 0) is 23.8 Å². The lowest BCUT2D eigenvalue weighted by Crippen LogP contribution is -2.53. The first-order chi connectivity index (χ1) is 16.1. The molecule has 0 aromatic carbocycles. The van der Waals surface area contributed by atoms with Crippen LogP contribution in [0, 0.1) is 0 Å². The Morgan fingerprint density at radius 2 is 1.49 bits per heavy atom. The van der Waals surface area contributed by atoms with E-state index in [0.717, 1.165) is 0 Å². The maximum absolute atomic E-state index is 12.5. The maximum atomic E-state index is 12.5. The van der Waals surface area contributed by atoms with Gasteiger partial charge in [-0.05, 0) is 60.8 Å². The predicted molar refractivity (Wildman–Crippen MR) is 131 cm³/mol. The Morgan fingerprint density at radius 3 is 2.00 bits per heavy atom. The molecule has 0 radical (unpaired) electrons. The van der Waals surface area contributed by atoms with E-state index >= 15 is 0 Å². The molecule has 3 amide bonds.